The van der Waals surface area contributed by atoms with Gasteiger partial charge in [-0.25, -0.2) is 4.79 Å². The lowest BCUT2D eigenvalue weighted by atomic mass is 9.48. The van der Waals surface area contributed by atoms with E-state index >= 15 is 0 Å². The zero-order valence-corrected chi connectivity index (χ0v) is 22.3. The summed E-state index contributed by atoms with van der Waals surface area (Å²) in [5, 5.41) is 11.6. The summed E-state index contributed by atoms with van der Waals surface area (Å²) >= 11 is 0. The van der Waals surface area contributed by atoms with Crippen molar-refractivity contribution in [2.45, 2.75) is 57.2 Å². The molecule has 4 saturated carbocycles. The van der Waals surface area contributed by atoms with Crippen LogP contribution in [0.15, 0.2) is 54.6 Å². The first kappa shape index (κ1) is 26.0. The minimum absolute atomic E-state index is 0. The Bertz CT molecular complexity index is 1250. The van der Waals surface area contributed by atoms with Crippen molar-refractivity contribution in [3.05, 3.63) is 65.7 Å². The molecule has 1 atom stereocenters. The second-order valence-corrected chi connectivity index (χ2v) is 11.2. The Morgan fingerprint density at radius 1 is 0.919 bits per heavy atom. The second kappa shape index (κ2) is 10.3. The molecule has 6 heteroatoms. The lowest BCUT2D eigenvalue weighted by molar-refractivity contribution is -0.150. The molecule has 3 aromatic carbocycles. The predicted octanol–water partition coefficient (Wildman–Crippen LogP) is 7.44. The van der Waals surface area contributed by atoms with Gasteiger partial charge in [0.15, 0.2) is 13.1 Å². The van der Waals surface area contributed by atoms with E-state index in [2.05, 4.69) is 30.3 Å². The molecule has 4 aliphatic carbocycles. The van der Waals surface area contributed by atoms with Crippen molar-refractivity contribution in [2.75, 3.05) is 13.9 Å². The molecule has 37 heavy (non-hydrogen) atoms. The molecule has 0 saturated heterocycles. The third-order valence-electron chi connectivity index (χ3n) is 8.86. The molecule has 4 bridgehead atoms. The monoisotopic (exact) mass is 522 g/mol. The minimum atomic E-state index is -0.906. The number of ether oxygens (including phenoxy) is 3. The molecule has 4 fully saturated rings. The zero-order valence-electron chi connectivity index (χ0n) is 21.4. The minimum Gasteiger partial charge on any atom is -0.478 e. The average molecular weight is 523 g/mol. The molecule has 1 unspecified atom stereocenters. The molecule has 1 N–H and O–H groups in total. The maximum absolute atomic E-state index is 11.3. The molecular formula is C31H35ClO5. The van der Waals surface area contributed by atoms with Crippen molar-refractivity contribution in [3.8, 4) is 16.9 Å². The van der Waals surface area contributed by atoms with E-state index in [0.29, 0.717) is 5.56 Å². The number of carbonyl (C=O) groups is 1. The Hall–Kier alpha value is -2.60. The maximum Gasteiger partial charge on any atom is 0.335 e. The van der Waals surface area contributed by atoms with E-state index in [4.69, 9.17) is 14.2 Å². The van der Waals surface area contributed by atoms with Crippen LogP contribution in [-0.2, 0) is 14.9 Å². The van der Waals surface area contributed by atoms with Crippen molar-refractivity contribution < 1.29 is 24.1 Å². The normalized spacial score (nSPS) is 26.6. The lowest BCUT2D eigenvalue weighted by Crippen LogP contribution is -2.48. The van der Waals surface area contributed by atoms with Crippen molar-refractivity contribution in [1.82, 2.24) is 0 Å². The lowest BCUT2D eigenvalue weighted by Gasteiger charge is -2.57. The average Bonchev–Trinajstić information content (AvgIpc) is 2.87. The number of aromatic carboxylic acids is 1. The highest BCUT2D eigenvalue weighted by atomic mass is 35.5. The number of benzene rings is 3. The molecule has 4 aliphatic rings. The largest absolute Gasteiger partial charge is 0.478 e. The number of carboxylic acids is 1. The molecule has 0 aliphatic heterocycles. The molecule has 0 spiro atoms. The summed E-state index contributed by atoms with van der Waals surface area (Å²) in [5.74, 6) is 2.54. The molecule has 0 radical (unpaired) electrons. The van der Waals surface area contributed by atoms with Gasteiger partial charge >= 0.3 is 5.97 Å². The van der Waals surface area contributed by atoms with Crippen molar-refractivity contribution in [1.29, 1.82) is 0 Å². The van der Waals surface area contributed by atoms with E-state index in [1.807, 2.05) is 19.1 Å². The van der Waals surface area contributed by atoms with Crippen LogP contribution in [-0.4, -0.2) is 31.3 Å². The zero-order chi connectivity index (χ0) is 24.9. The van der Waals surface area contributed by atoms with Crippen LogP contribution in [0.5, 0.6) is 5.75 Å². The number of hydrogen-bond acceptors (Lipinski definition) is 4. The Morgan fingerprint density at radius 3 is 2.14 bits per heavy atom. The number of methoxy groups -OCH3 is 1. The summed E-state index contributed by atoms with van der Waals surface area (Å²) in [6.07, 6.45) is 7.64. The standard InChI is InChI=1S/C31H34O5.ClH/c1-19(34-2)35-18-36-29-14-26-8-7-25(23-3-5-24(6-4-23)30(32)33)12-27(26)13-28(29)31-15-20-9-21(16-31)11-22(10-20)17-31;/h3-8,12-14,19-22H,9-11,15-18H2,1-2H3,(H,32,33);1H. The first-order valence-electron chi connectivity index (χ1n) is 13.1. The van der Waals surface area contributed by atoms with Gasteiger partial charge in [-0.05, 0) is 121 Å². The third kappa shape index (κ3) is 4.97. The van der Waals surface area contributed by atoms with Crippen LogP contribution < -0.4 is 4.74 Å². The van der Waals surface area contributed by atoms with Crippen LogP contribution in [0.1, 0.15) is 61.4 Å². The number of halogens is 1. The summed E-state index contributed by atoms with van der Waals surface area (Å²) in [6, 6.07) is 18.1. The number of carboxylic acid groups (broad SMARTS) is 1. The van der Waals surface area contributed by atoms with Gasteiger partial charge in [-0.3, -0.25) is 0 Å². The van der Waals surface area contributed by atoms with E-state index in [0.717, 1.165) is 40.0 Å². The summed E-state index contributed by atoms with van der Waals surface area (Å²) in [4.78, 5) is 11.3. The summed E-state index contributed by atoms with van der Waals surface area (Å²) in [6.45, 7) is 2.03. The fourth-order valence-electron chi connectivity index (χ4n) is 7.50. The predicted molar refractivity (Wildman–Crippen MR) is 146 cm³/mol. The van der Waals surface area contributed by atoms with E-state index in [9.17, 15) is 9.90 Å². The van der Waals surface area contributed by atoms with Gasteiger partial charge in [0.2, 0.25) is 0 Å². The van der Waals surface area contributed by atoms with Crippen LogP contribution in [0.2, 0.25) is 0 Å². The fraction of sp³-hybridized carbons (Fsp3) is 0.452. The smallest absolute Gasteiger partial charge is 0.335 e. The first-order chi connectivity index (χ1) is 17.4. The Balaban J connectivity index is 0.00000280. The quantitative estimate of drug-likeness (QED) is 0.311. The number of hydrogen-bond donors (Lipinski definition) is 1. The Morgan fingerprint density at radius 2 is 1.54 bits per heavy atom. The molecule has 0 aromatic heterocycles. The molecule has 196 valence electrons. The van der Waals surface area contributed by atoms with E-state index in [1.165, 1.54) is 49.5 Å². The molecular weight excluding hydrogens is 488 g/mol. The highest BCUT2D eigenvalue weighted by Gasteiger charge is 2.52. The van der Waals surface area contributed by atoms with E-state index in [-0.39, 0.29) is 30.9 Å². The third-order valence-corrected chi connectivity index (χ3v) is 8.86. The number of rotatable bonds is 8. The van der Waals surface area contributed by atoms with Crippen LogP contribution in [0.3, 0.4) is 0 Å². The van der Waals surface area contributed by atoms with Crippen molar-refractivity contribution in [2.24, 2.45) is 17.8 Å². The summed E-state index contributed by atoms with van der Waals surface area (Å²) < 4.78 is 17.2. The Kier molecular flexibility index (Phi) is 7.23. The molecule has 5 nitrogen and oxygen atoms in total. The maximum atomic E-state index is 11.3. The topological polar surface area (TPSA) is 65.0 Å². The molecule has 7 rings (SSSR count). The first-order valence-corrected chi connectivity index (χ1v) is 13.1. The van der Waals surface area contributed by atoms with Crippen LogP contribution >= 0.6 is 12.4 Å². The van der Waals surface area contributed by atoms with Gasteiger partial charge in [0, 0.05) is 12.7 Å². The van der Waals surface area contributed by atoms with Gasteiger partial charge in [-0.1, -0.05) is 24.3 Å². The van der Waals surface area contributed by atoms with E-state index in [1.54, 1.807) is 19.2 Å². The Labute approximate surface area is 224 Å². The van der Waals surface area contributed by atoms with Crippen molar-refractivity contribution in [3.63, 3.8) is 0 Å². The highest BCUT2D eigenvalue weighted by molar-refractivity contribution is 5.91. The van der Waals surface area contributed by atoms with Gasteiger partial charge in [0.05, 0.1) is 5.56 Å². The van der Waals surface area contributed by atoms with Crippen LogP contribution in [0.4, 0.5) is 0 Å². The van der Waals surface area contributed by atoms with Gasteiger partial charge in [0.25, 0.3) is 0 Å². The van der Waals surface area contributed by atoms with Crippen LogP contribution in [0, 0.1) is 17.8 Å². The number of fused-ring (bicyclic) bond motifs is 1. The molecule has 3 aromatic rings. The summed E-state index contributed by atoms with van der Waals surface area (Å²) in [7, 11) is 1.63. The fourth-order valence-corrected chi connectivity index (χ4v) is 7.50. The van der Waals surface area contributed by atoms with Gasteiger partial charge in [-0.2, -0.15) is 0 Å². The molecule has 0 heterocycles. The highest BCUT2D eigenvalue weighted by Crippen LogP contribution is 2.62. The summed E-state index contributed by atoms with van der Waals surface area (Å²) in [5.41, 5.74) is 3.92. The van der Waals surface area contributed by atoms with Crippen LogP contribution in [0.25, 0.3) is 21.9 Å². The van der Waals surface area contributed by atoms with Gasteiger partial charge < -0.3 is 19.3 Å². The van der Waals surface area contributed by atoms with Crippen molar-refractivity contribution >= 4 is 29.1 Å². The SMILES string of the molecule is COC(C)OCOc1cc2ccc(-c3ccc(C(=O)O)cc3)cc2cc1C12CC3CC(CC(C3)C1)C2.Cl. The van der Waals surface area contributed by atoms with Gasteiger partial charge in [-0.15, -0.1) is 12.4 Å². The van der Waals surface area contributed by atoms with Gasteiger partial charge in [0.1, 0.15) is 5.75 Å². The van der Waals surface area contributed by atoms with E-state index < -0.39 is 5.97 Å². The second-order valence-electron chi connectivity index (χ2n) is 11.2. The molecule has 0 amide bonds.